The van der Waals surface area contributed by atoms with Crippen molar-refractivity contribution in [3.8, 4) is 0 Å². The molecule has 1 unspecified atom stereocenters. The Balaban J connectivity index is 1.59. The molecule has 0 amide bonds. The van der Waals surface area contributed by atoms with Gasteiger partial charge in [-0.25, -0.2) is 0 Å². The summed E-state index contributed by atoms with van der Waals surface area (Å²) in [6.07, 6.45) is 6.81. The molecule has 20 heavy (non-hydrogen) atoms. The molecule has 1 heterocycles. The number of piperidine rings is 1. The van der Waals surface area contributed by atoms with Crippen molar-refractivity contribution in [2.45, 2.75) is 57.5 Å². The fraction of sp³-hybridized carbons (Fsp3) is 1.00. The van der Waals surface area contributed by atoms with Crippen molar-refractivity contribution in [2.75, 3.05) is 26.2 Å². The average molecular weight is 301 g/mol. The highest BCUT2D eigenvalue weighted by atomic mass is 32.2. The second-order valence-electron chi connectivity index (χ2n) is 6.49. The lowest BCUT2D eigenvalue weighted by atomic mass is 10.00. The highest BCUT2D eigenvalue weighted by Crippen LogP contribution is 2.31. The number of nitrogens with zero attached hydrogens (tertiary/aromatic N) is 2. The molecule has 0 bridgehead atoms. The van der Waals surface area contributed by atoms with Gasteiger partial charge in [0, 0.05) is 31.7 Å². The van der Waals surface area contributed by atoms with Crippen molar-refractivity contribution < 1.29 is 8.42 Å². The van der Waals surface area contributed by atoms with E-state index in [0.29, 0.717) is 31.6 Å². The van der Waals surface area contributed by atoms with Gasteiger partial charge in [0.15, 0.2) is 0 Å². The van der Waals surface area contributed by atoms with E-state index >= 15 is 0 Å². The zero-order chi connectivity index (χ0) is 14.2. The van der Waals surface area contributed by atoms with Crippen LogP contribution in [-0.2, 0) is 10.2 Å². The topological polar surface area (TPSA) is 52.7 Å². The lowest BCUT2D eigenvalue weighted by Crippen LogP contribution is -2.50. The summed E-state index contributed by atoms with van der Waals surface area (Å²) in [5, 5.41) is 3.54. The van der Waals surface area contributed by atoms with Crippen LogP contribution in [0.4, 0.5) is 0 Å². The fourth-order valence-electron chi connectivity index (χ4n) is 3.14. The van der Waals surface area contributed by atoms with Crippen molar-refractivity contribution in [1.29, 1.82) is 0 Å². The van der Waals surface area contributed by atoms with Gasteiger partial charge in [0.2, 0.25) is 0 Å². The second-order valence-corrected chi connectivity index (χ2v) is 8.37. The molecule has 1 aliphatic heterocycles. The van der Waals surface area contributed by atoms with Crippen LogP contribution in [-0.4, -0.2) is 55.3 Å². The largest absolute Gasteiger partial charge is 0.314 e. The summed E-state index contributed by atoms with van der Waals surface area (Å²) in [7, 11) is -3.23. The van der Waals surface area contributed by atoms with Crippen molar-refractivity contribution in [2.24, 2.45) is 5.92 Å². The normalized spacial score (nSPS) is 29.0. The molecule has 3 rings (SSSR count). The first-order chi connectivity index (χ1) is 9.61. The molecule has 5 nitrogen and oxygen atoms in total. The van der Waals surface area contributed by atoms with Crippen LogP contribution in [0.25, 0.3) is 0 Å². The Bertz CT molecular complexity index is 432. The van der Waals surface area contributed by atoms with Gasteiger partial charge in [-0.15, -0.1) is 0 Å². The van der Waals surface area contributed by atoms with Gasteiger partial charge >= 0.3 is 0 Å². The predicted octanol–water partition coefficient (Wildman–Crippen LogP) is 1.18. The highest BCUT2D eigenvalue weighted by molar-refractivity contribution is 7.86. The number of rotatable bonds is 7. The van der Waals surface area contributed by atoms with Gasteiger partial charge in [0.25, 0.3) is 10.2 Å². The Hall–Kier alpha value is -0.170. The summed E-state index contributed by atoms with van der Waals surface area (Å²) in [4.78, 5) is 0. The maximum Gasteiger partial charge on any atom is 0.282 e. The van der Waals surface area contributed by atoms with Gasteiger partial charge in [-0.1, -0.05) is 6.92 Å². The summed E-state index contributed by atoms with van der Waals surface area (Å²) < 4.78 is 28.9. The van der Waals surface area contributed by atoms with Crippen molar-refractivity contribution in [1.82, 2.24) is 13.9 Å². The van der Waals surface area contributed by atoms with Gasteiger partial charge in [0.1, 0.15) is 0 Å². The maximum atomic E-state index is 12.7. The first-order valence-corrected chi connectivity index (χ1v) is 9.51. The fourth-order valence-corrected chi connectivity index (χ4v) is 5.11. The van der Waals surface area contributed by atoms with E-state index in [2.05, 4.69) is 5.32 Å². The highest BCUT2D eigenvalue weighted by Gasteiger charge is 2.40. The lowest BCUT2D eigenvalue weighted by molar-refractivity contribution is 0.241. The molecule has 1 N–H and O–H groups in total. The third kappa shape index (κ3) is 3.35. The molecular formula is C14H27N3O2S. The molecule has 0 radical (unpaired) electrons. The Morgan fingerprint density at radius 3 is 2.55 bits per heavy atom. The minimum atomic E-state index is -3.23. The van der Waals surface area contributed by atoms with Crippen LogP contribution in [0.2, 0.25) is 0 Å². The van der Waals surface area contributed by atoms with E-state index in [1.807, 2.05) is 6.92 Å². The lowest BCUT2D eigenvalue weighted by Gasteiger charge is -2.35. The average Bonchev–Trinajstić information content (AvgIpc) is 3.31. The molecule has 0 aromatic carbocycles. The Morgan fingerprint density at radius 1 is 1.20 bits per heavy atom. The van der Waals surface area contributed by atoms with Gasteiger partial charge < -0.3 is 5.32 Å². The molecule has 0 aromatic heterocycles. The van der Waals surface area contributed by atoms with E-state index in [4.69, 9.17) is 0 Å². The minimum absolute atomic E-state index is 0.273. The molecule has 6 heteroatoms. The molecule has 3 fully saturated rings. The minimum Gasteiger partial charge on any atom is -0.314 e. The summed E-state index contributed by atoms with van der Waals surface area (Å²) in [6, 6.07) is 0.982. The Labute approximate surface area is 122 Å². The number of nitrogens with one attached hydrogen (secondary N) is 1. The van der Waals surface area contributed by atoms with E-state index in [9.17, 15) is 8.42 Å². The van der Waals surface area contributed by atoms with Crippen LogP contribution >= 0.6 is 0 Å². The third-order valence-corrected chi connectivity index (χ3v) is 6.78. The van der Waals surface area contributed by atoms with Crippen LogP contribution in [0.1, 0.15) is 45.4 Å². The third-order valence-electron chi connectivity index (χ3n) is 4.64. The van der Waals surface area contributed by atoms with Crippen molar-refractivity contribution >= 4 is 10.2 Å². The Morgan fingerprint density at radius 2 is 1.95 bits per heavy atom. The molecule has 0 aromatic rings. The molecule has 0 spiro atoms. The Kier molecular flexibility index (Phi) is 4.36. The summed E-state index contributed by atoms with van der Waals surface area (Å²) in [6.45, 7) is 4.93. The van der Waals surface area contributed by atoms with Crippen molar-refractivity contribution in [3.05, 3.63) is 0 Å². The van der Waals surface area contributed by atoms with Gasteiger partial charge in [-0.3, -0.25) is 0 Å². The quantitative estimate of drug-likeness (QED) is 0.768. The molecular weight excluding hydrogens is 274 g/mol. The summed E-state index contributed by atoms with van der Waals surface area (Å²) >= 11 is 0. The van der Waals surface area contributed by atoms with E-state index in [-0.39, 0.29) is 6.04 Å². The van der Waals surface area contributed by atoms with Crippen LogP contribution in [0.15, 0.2) is 0 Å². The second kappa shape index (κ2) is 5.91. The predicted molar refractivity (Wildman–Crippen MR) is 79.6 cm³/mol. The van der Waals surface area contributed by atoms with Crippen LogP contribution < -0.4 is 5.32 Å². The molecule has 2 saturated carbocycles. The molecule has 116 valence electrons. The standard InChI is InChI=1S/C14H27N3O2S/c1-2-17(14-7-8-14)20(18,19)16-9-3-4-12(11-16)10-15-13-5-6-13/h12-15H,2-11H2,1H3. The van der Waals surface area contributed by atoms with Crippen LogP contribution in [0.3, 0.4) is 0 Å². The van der Waals surface area contributed by atoms with Crippen molar-refractivity contribution in [3.63, 3.8) is 0 Å². The first kappa shape index (κ1) is 14.8. The monoisotopic (exact) mass is 301 g/mol. The van der Waals surface area contributed by atoms with E-state index in [1.165, 1.54) is 12.8 Å². The smallest absolute Gasteiger partial charge is 0.282 e. The first-order valence-electron chi connectivity index (χ1n) is 8.11. The SMILES string of the molecule is CCN(C1CC1)S(=O)(=O)N1CCCC(CNC2CC2)C1. The van der Waals surface area contributed by atoms with Gasteiger partial charge in [-0.2, -0.15) is 17.0 Å². The number of hydrogen-bond acceptors (Lipinski definition) is 3. The maximum absolute atomic E-state index is 12.7. The zero-order valence-corrected chi connectivity index (χ0v) is 13.2. The van der Waals surface area contributed by atoms with E-state index < -0.39 is 10.2 Å². The summed E-state index contributed by atoms with van der Waals surface area (Å²) in [5.41, 5.74) is 0. The van der Waals surface area contributed by atoms with Gasteiger partial charge in [-0.05, 0) is 51.0 Å². The van der Waals surface area contributed by atoms with Crippen LogP contribution in [0, 0.1) is 5.92 Å². The number of hydrogen-bond donors (Lipinski definition) is 1. The molecule has 2 aliphatic carbocycles. The van der Waals surface area contributed by atoms with Crippen LogP contribution in [0.5, 0.6) is 0 Å². The zero-order valence-electron chi connectivity index (χ0n) is 12.4. The molecule has 1 atom stereocenters. The molecule has 3 aliphatic rings. The van der Waals surface area contributed by atoms with Gasteiger partial charge in [0.05, 0.1) is 0 Å². The van der Waals surface area contributed by atoms with E-state index in [0.717, 1.165) is 32.2 Å². The molecule has 1 saturated heterocycles. The van der Waals surface area contributed by atoms with E-state index in [1.54, 1.807) is 8.61 Å². The summed E-state index contributed by atoms with van der Waals surface area (Å²) in [5.74, 6) is 0.483.